The van der Waals surface area contributed by atoms with Gasteiger partial charge in [0.15, 0.2) is 0 Å². The minimum atomic E-state index is 0.632. The van der Waals surface area contributed by atoms with Crippen molar-refractivity contribution in [3.8, 4) is 11.8 Å². The molecule has 1 aliphatic rings. The molecule has 0 unspecified atom stereocenters. The lowest BCUT2D eigenvalue weighted by molar-refractivity contribution is 1.01. The number of halogens is 1. The van der Waals surface area contributed by atoms with Gasteiger partial charge in [-0.3, -0.25) is 0 Å². The molecule has 0 aromatic carbocycles. The third kappa shape index (κ3) is 2.39. The van der Waals surface area contributed by atoms with Crippen LogP contribution < -0.4 is 0 Å². The predicted octanol–water partition coefficient (Wildman–Crippen LogP) is 3.89. The van der Waals surface area contributed by atoms with E-state index in [0.29, 0.717) is 10.9 Å². The molecule has 0 radical (unpaired) electrons. The summed E-state index contributed by atoms with van der Waals surface area (Å²) in [5.41, 5.74) is 3.43. The van der Waals surface area contributed by atoms with Crippen LogP contribution in [-0.2, 0) is 0 Å². The van der Waals surface area contributed by atoms with Crippen molar-refractivity contribution >= 4 is 22.6 Å². The van der Waals surface area contributed by atoms with Crippen molar-refractivity contribution in [1.29, 1.82) is 0 Å². The first kappa shape index (κ1) is 12.4. The number of H-pyrrole nitrogens is 1. The Kier molecular flexibility index (Phi) is 2.90. The van der Waals surface area contributed by atoms with Gasteiger partial charge in [-0.25, -0.2) is 9.97 Å². The van der Waals surface area contributed by atoms with Gasteiger partial charge in [0.25, 0.3) is 0 Å². The van der Waals surface area contributed by atoms with Crippen LogP contribution in [-0.4, -0.2) is 15.0 Å². The Balaban J connectivity index is 1.71. The third-order valence-electron chi connectivity index (χ3n) is 3.61. The standard InChI is InChI=1S/C17H12ClN3/c18-16-12(10-20-17-14(16)8-9-19-17)6-7-13-2-1-3-15(21-13)11-4-5-11/h1-3,8-11H,4-5H2,(H,19,20). The van der Waals surface area contributed by atoms with Crippen LogP contribution >= 0.6 is 11.6 Å². The second kappa shape index (κ2) is 4.91. The lowest BCUT2D eigenvalue weighted by atomic mass is 10.2. The summed E-state index contributed by atoms with van der Waals surface area (Å²) < 4.78 is 0. The Hall–Kier alpha value is -2.31. The lowest BCUT2D eigenvalue weighted by Gasteiger charge is -1.98. The molecule has 0 saturated heterocycles. The molecule has 0 aliphatic heterocycles. The molecule has 1 fully saturated rings. The van der Waals surface area contributed by atoms with Gasteiger partial charge in [-0.1, -0.05) is 23.6 Å². The van der Waals surface area contributed by atoms with Crippen molar-refractivity contribution in [1.82, 2.24) is 15.0 Å². The molecular weight excluding hydrogens is 282 g/mol. The van der Waals surface area contributed by atoms with Gasteiger partial charge in [0.1, 0.15) is 11.3 Å². The summed E-state index contributed by atoms with van der Waals surface area (Å²) in [6, 6.07) is 7.92. The van der Waals surface area contributed by atoms with Crippen molar-refractivity contribution in [3.05, 3.63) is 58.6 Å². The van der Waals surface area contributed by atoms with Gasteiger partial charge < -0.3 is 4.98 Å². The van der Waals surface area contributed by atoms with Crippen molar-refractivity contribution in [2.45, 2.75) is 18.8 Å². The molecule has 1 aliphatic carbocycles. The summed E-state index contributed by atoms with van der Waals surface area (Å²) in [5.74, 6) is 6.80. The minimum absolute atomic E-state index is 0.632. The summed E-state index contributed by atoms with van der Waals surface area (Å²) in [5, 5.41) is 1.52. The fourth-order valence-electron chi connectivity index (χ4n) is 2.32. The first-order valence-electron chi connectivity index (χ1n) is 6.92. The zero-order valence-corrected chi connectivity index (χ0v) is 12.0. The quantitative estimate of drug-likeness (QED) is 0.692. The Morgan fingerprint density at radius 3 is 2.95 bits per heavy atom. The van der Waals surface area contributed by atoms with Crippen LogP contribution in [0.25, 0.3) is 11.0 Å². The van der Waals surface area contributed by atoms with E-state index in [-0.39, 0.29) is 0 Å². The first-order valence-corrected chi connectivity index (χ1v) is 7.29. The van der Waals surface area contributed by atoms with E-state index in [2.05, 4.69) is 32.9 Å². The number of fused-ring (bicyclic) bond motifs is 1. The molecular formula is C17H12ClN3. The van der Waals surface area contributed by atoms with E-state index in [4.69, 9.17) is 11.6 Å². The van der Waals surface area contributed by atoms with Crippen LogP contribution in [0.4, 0.5) is 0 Å². The topological polar surface area (TPSA) is 41.6 Å². The molecule has 0 bridgehead atoms. The fraction of sp³-hybridized carbons (Fsp3) is 0.176. The van der Waals surface area contributed by atoms with Crippen molar-refractivity contribution in [2.24, 2.45) is 0 Å². The maximum absolute atomic E-state index is 6.36. The van der Waals surface area contributed by atoms with Crippen LogP contribution in [0.2, 0.25) is 5.02 Å². The third-order valence-corrected chi connectivity index (χ3v) is 4.02. The maximum atomic E-state index is 6.36. The number of hydrogen-bond acceptors (Lipinski definition) is 2. The maximum Gasteiger partial charge on any atom is 0.138 e. The van der Waals surface area contributed by atoms with E-state index < -0.39 is 0 Å². The Morgan fingerprint density at radius 2 is 2.10 bits per heavy atom. The van der Waals surface area contributed by atoms with Gasteiger partial charge in [-0.2, -0.15) is 0 Å². The van der Waals surface area contributed by atoms with Gasteiger partial charge in [0.2, 0.25) is 0 Å². The average Bonchev–Trinajstić information content (AvgIpc) is 3.25. The molecule has 3 heterocycles. The second-order valence-electron chi connectivity index (χ2n) is 5.20. The monoisotopic (exact) mass is 293 g/mol. The molecule has 0 atom stereocenters. The van der Waals surface area contributed by atoms with E-state index in [9.17, 15) is 0 Å². The molecule has 3 aromatic heterocycles. The molecule has 1 saturated carbocycles. The highest BCUT2D eigenvalue weighted by molar-refractivity contribution is 6.36. The molecule has 4 rings (SSSR count). The second-order valence-corrected chi connectivity index (χ2v) is 5.58. The predicted molar refractivity (Wildman–Crippen MR) is 83.3 cm³/mol. The number of aromatic amines is 1. The zero-order chi connectivity index (χ0) is 14.2. The van der Waals surface area contributed by atoms with Gasteiger partial charge in [0.05, 0.1) is 10.6 Å². The SMILES string of the molecule is Clc1c(C#Cc2cccc(C3CC3)n2)cnc2[nH]ccc12. The minimum Gasteiger partial charge on any atom is -0.346 e. The molecule has 3 aromatic rings. The van der Waals surface area contributed by atoms with Crippen LogP contribution in [0.1, 0.15) is 35.7 Å². The lowest BCUT2D eigenvalue weighted by Crippen LogP contribution is -1.89. The normalized spacial score (nSPS) is 14.0. The van der Waals surface area contributed by atoms with Crippen LogP contribution in [0.3, 0.4) is 0 Å². The number of aromatic nitrogens is 3. The first-order chi connectivity index (χ1) is 10.3. The fourth-order valence-corrected chi connectivity index (χ4v) is 2.57. The van der Waals surface area contributed by atoms with E-state index in [1.165, 1.54) is 12.8 Å². The molecule has 0 spiro atoms. The number of nitrogens with one attached hydrogen (secondary N) is 1. The van der Waals surface area contributed by atoms with E-state index >= 15 is 0 Å². The summed E-state index contributed by atoms with van der Waals surface area (Å²) in [6.07, 6.45) is 5.99. The summed E-state index contributed by atoms with van der Waals surface area (Å²) >= 11 is 6.36. The Morgan fingerprint density at radius 1 is 1.19 bits per heavy atom. The Bertz CT molecular complexity index is 882. The Labute approximate surface area is 127 Å². The number of rotatable bonds is 1. The van der Waals surface area contributed by atoms with Crippen molar-refractivity contribution in [2.75, 3.05) is 0 Å². The van der Waals surface area contributed by atoms with Gasteiger partial charge in [0, 0.05) is 29.4 Å². The van der Waals surface area contributed by atoms with E-state index in [1.54, 1.807) is 6.20 Å². The molecule has 102 valence electrons. The molecule has 1 N–H and O–H groups in total. The summed E-state index contributed by atoms with van der Waals surface area (Å²) in [6.45, 7) is 0. The number of nitrogens with zero attached hydrogens (tertiary/aromatic N) is 2. The largest absolute Gasteiger partial charge is 0.346 e. The summed E-state index contributed by atoms with van der Waals surface area (Å²) in [7, 11) is 0. The van der Waals surface area contributed by atoms with Crippen molar-refractivity contribution in [3.63, 3.8) is 0 Å². The zero-order valence-electron chi connectivity index (χ0n) is 11.2. The molecule has 4 heteroatoms. The van der Waals surface area contributed by atoms with E-state index in [1.807, 2.05) is 24.4 Å². The highest BCUT2D eigenvalue weighted by atomic mass is 35.5. The van der Waals surface area contributed by atoms with E-state index in [0.717, 1.165) is 28.0 Å². The number of hydrogen-bond donors (Lipinski definition) is 1. The van der Waals surface area contributed by atoms with Crippen molar-refractivity contribution < 1.29 is 0 Å². The molecule has 21 heavy (non-hydrogen) atoms. The highest BCUT2D eigenvalue weighted by Gasteiger charge is 2.24. The van der Waals surface area contributed by atoms with Gasteiger partial charge in [-0.05, 0) is 37.0 Å². The highest BCUT2D eigenvalue weighted by Crippen LogP contribution is 2.38. The van der Waals surface area contributed by atoms with Gasteiger partial charge >= 0.3 is 0 Å². The summed E-state index contributed by atoms with van der Waals surface area (Å²) in [4.78, 5) is 11.9. The smallest absolute Gasteiger partial charge is 0.138 e. The average molecular weight is 294 g/mol. The molecule has 3 nitrogen and oxygen atoms in total. The number of pyridine rings is 2. The van der Waals surface area contributed by atoms with Crippen LogP contribution in [0.5, 0.6) is 0 Å². The van der Waals surface area contributed by atoms with Crippen LogP contribution in [0, 0.1) is 11.8 Å². The molecule has 0 amide bonds. The van der Waals surface area contributed by atoms with Crippen LogP contribution in [0.15, 0.2) is 36.7 Å². The van der Waals surface area contributed by atoms with Gasteiger partial charge in [-0.15, -0.1) is 0 Å².